The van der Waals surface area contributed by atoms with Gasteiger partial charge >= 0.3 is 0 Å². The van der Waals surface area contributed by atoms with Gasteiger partial charge < -0.3 is 23.8 Å². The zero-order valence-corrected chi connectivity index (χ0v) is 16.5. The van der Waals surface area contributed by atoms with Crippen molar-refractivity contribution in [3.8, 4) is 28.4 Å². The van der Waals surface area contributed by atoms with Gasteiger partial charge in [0, 0.05) is 24.2 Å². The third-order valence-corrected chi connectivity index (χ3v) is 5.21. The zero-order valence-electron chi connectivity index (χ0n) is 16.5. The van der Waals surface area contributed by atoms with Crippen LogP contribution >= 0.6 is 0 Å². The lowest BCUT2D eigenvalue weighted by Crippen LogP contribution is -2.36. The number of methoxy groups -OCH3 is 3. The van der Waals surface area contributed by atoms with Crippen molar-refractivity contribution in [3.05, 3.63) is 48.5 Å². The van der Waals surface area contributed by atoms with Crippen LogP contribution in [0.4, 0.5) is 5.69 Å². The number of ether oxygens (including phenoxy) is 4. The first-order valence-corrected chi connectivity index (χ1v) is 9.40. The highest BCUT2D eigenvalue weighted by molar-refractivity contribution is 6.00. The molecular formula is C23H25NO4. The van der Waals surface area contributed by atoms with Crippen molar-refractivity contribution in [2.24, 2.45) is 0 Å². The monoisotopic (exact) mass is 379 g/mol. The Balaban J connectivity index is 1.90. The maximum Gasteiger partial charge on any atom is 0.161 e. The van der Waals surface area contributed by atoms with Gasteiger partial charge in [0.05, 0.1) is 34.5 Å². The Bertz CT molecular complexity index is 962. The molecule has 5 nitrogen and oxygen atoms in total. The third-order valence-electron chi connectivity index (χ3n) is 5.21. The molecular weight excluding hydrogens is 354 g/mol. The number of benzene rings is 3. The van der Waals surface area contributed by atoms with Crippen molar-refractivity contribution in [1.82, 2.24) is 0 Å². The fraction of sp³-hybridized carbons (Fsp3) is 0.304. The van der Waals surface area contributed by atoms with Gasteiger partial charge in [0.15, 0.2) is 11.5 Å². The van der Waals surface area contributed by atoms with E-state index in [2.05, 4.69) is 35.2 Å². The van der Waals surface area contributed by atoms with E-state index in [0.29, 0.717) is 0 Å². The molecule has 0 atom stereocenters. The molecule has 0 amide bonds. The fourth-order valence-corrected chi connectivity index (χ4v) is 3.69. The number of fused-ring (bicyclic) bond motifs is 1. The van der Waals surface area contributed by atoms with Crippen LogP contribution in [0.5, 0.6) is 17.2 Å². The minimum Gasteiger partial charge on any atom is -0.497 e. The molecule has 4 rings (SSSR count). The quantitative estimate of drug-likeness (QED) is 0.658. The van der Waals surface area contributed by atoms with Crippen molar-refractivity contribution >= 4 is 16.5 Å². The molecule has 5 heteroatoms. The Labute approximate surface area is 165 Å². The Morgan fingerprint density at radius 2 is 1.43 bits per heavy atom. The van der Waals surface area contributed by atoms with Gasteiger partial charge in [-0.05, 0) is 52.9 Å². The number of rotatable bonds is 5. The lowest BCUT2D eigenvalue weighted by molar-refractivity contribution is 0.123. The lowest BCUT2D eigenvalue weighted by atomic mass is 9.98. The van der Waals surface area contributed by atoms with Crippen LogP contribution in [0.15, 0.2) is 48.5 Å². The van der Waals surface area contributed by atoms with Gasteiger partial charge in [-0.1, -0.05) is 12.1 Å². The van der Waals surface area contributed by atoms with Crippen molar-refractivity contribution in [3.63, 3.8) is 0 Å². The summed E-state index contributed by atoms with van der Waals surface area (Å²) in [5, 5.41) is 2.27. The normalized spacial score (nSPS) is 14.2. The molecule has 1 saturated heterocycles. The van der Waals surface area contributed by atoms with Crippen LogP contribution in [0.1, 0.15) is 0 Å². The molecule has 0 aromatic heterocycles. The predicted molar refractivity (Wildman–Crippen MR) is 112 cm³/mol. The number of morpholine rings is 1. The summed E-state index contributed by atoms with van der Waals surface area (Å²) in [7, 11) is 5.02. The van der Waals surface area contributed by atoms with Crippen LogP contribution < -0.4 is 19.1 Å². The Morgan fingerprint density at radius 1 is 0.750 bits per heavy atom. The summed E-state index contributed by atoms with van der Waals surface area (Å²) in [4.78, 5) is 2.38. The topological polar surface area (TPSA) is 40.2 Å². The van der Waals surface area contributed by atoms with Crippen molar-refractivity contribution in [1.29, 1.82) is 0 Å². The van der Waals surface area contributed by atoms with Gasteiger partial charge in [-0.15, -0.1) is 0 Å². The van der Waals surface area contributed by atoms with Gasteiger partial charge in [-0.25, -0.2) is 0 Å². The Morgan fingerprint density at radius 3 is 2.07 bits per heavy atom. The first kappa shape index (κ1) is 18.4. The summed E-state index contributed by atoms with van der Waals surface area (Å²) in [6.07, 6.45) is 0. The average Bonchev–Trinajstić information content (AvgIpc) is 2.78. The van der Waals surface area contributed by atoms with E-state index in [9.17, 15) is 0 Å². The maximum absolute atomic E-state index is 5.55. The lowest BCUT2D eigenvalue weighted by Gasteiger charge is -2.30. The summed E-state index contributed by atoms with van der Waals surface area (Å²) in [5.41, 5.74) is 3.49. The molecule has 3 aromatic carbocycles. The minimum atomic E-state index is 0.731. The minimum absolute atomic E-state index is 0.731. The summed E-state index contributed by atoms with van der Waals surface area (Å²) >= 11 is 0. The summed E-state index contributed by atoms with van der Waals surface area (Å²) in [5.74, 6) is 2.32. The van der Waals surface area contributed by atoms with Gasteiger partial charge in [0.2, 0.25) is 0 Å². The number of anilines is 1. The fourth-order valence-electron chi connectivity index (χ4n) is 3.69. The van der Waals surface area contributed by atoms with E-state index < -0.39 is 0 Å². The van der Waals surface area contributed by atoms with E-state index in [1.807, 2.05) is 18.2 Å². The van der Waals surface area contributed by atoms with Crippen LogP contribution in [0.25, 0.3) is 21.9 Å². The number of hydrogen-bond acceptors (Lipinski definition) is 5. The molecule has 146 valence electrons. The van der Waals surface area contributed by atoms with Crippen LogP contribution in [0, 0.1) is 0 Å². The highest BCUT2D eigenvalue weighted by Gasteiger charge is 2.18. The molecule has 1 fully saturated rings. The third kappa shape index (κ3) is 3.45. The molecule has 0 saturated carbocycles. The van der Waals surface area contributed by atoms with Gasteiger partial charge in [0.25, 0.3) is 0 Å². The Kier molecular flexibility index (Phi) is 5.26. The molecule has 0 N–H and O–H groups in total. The second-order valence-electron chi connectivity index (χ2n) is 6.75. The Hall–Kier alpha value is -2.92. The molecule has 0 spiro atoms. The molecule has 0 aliphatic carbocycles. The summed E-state index contributed by atoms with van der Waals surface area (Å²) < 4.78 is 21.9. The van der Waals surface area contributed by atoms with Crippen LogP contribution in [0.3, 0.4) is 0 Å². The second-order valence-corrected chi connectivity index (χ2v) is 6.75. The highest BCUT2D eigenvalue weighted by atomic mass is 16.5. The van der Waals surface area contributed by atoms with Crippen LogP contribution in [-0.2, 0) is 4.74 Å². The number of hydrogen-bond donors (Lipinski definition) is 0. The highest BCUT2D eigenvalue weighted by Crippen LogP contribution is 2.40. The SMILES string of the molecule is COc1ccc(-c2cc(N3CCOCC3)c3cc(OC)c(OC)cc3c2)cc1. The van der Waals surface area contributed by atoms with E-state index in [0.717, 1.165) is 65.5 Å². The smallest absolute Gasteiger partial charge is 0.161 e. The van der Waals surface area contributed by atoms with Gasteiger partial charge in [0.1, 0.15) is 5.75 Å². The zero-order chi connectivity index (χ0) is 19.5. The average molecular weight is 379 g/mol. The largest absolute Gasteiger partial charge is 0.497 e. The van der Waals surface area contributed by atoms with E-state index >= 15 is 0 Å². The molecule has 0 unspecified atom stereocenters. The van der Waals surface area contributed by atoms with E-state index in [1.54, 1.807) is 21.3 Å². The van der Waals surface area contributed by atoms with Crippen LogP contribution in [-0.4, -0.2) is 47.6 Å². The molecule has 3 aromatic rings. The number of nitrogens with zero attached hydrogens (tertiary/aromatic N) is 1. The molecule has 0 bridgehead atoms. The molecule has 1 aliphatic heterocycles. The first-order valence-electron chi connectivity index (χ1n) is 9.40. The van der Waals surface area contributed by atoms with Gasteiger partial charge in [-0.3, -0.25) is 0 Å². The van der Waals surface area contributed by atoms with E-state index in [-0.39, 0.29) is 0 Å². The van der Waals surface area contributed by atoms with Crippen molar-refractivity contribution < 1.29 is 18.9 Å². The van der Waals surface area contributed by atoms with Gasteiger partial charge in [-0.2, -0.15) is 0 Å². The molecule has 28 heavy (non-hydrogen) atoms. The van der Waals surface area contributed by atoms with Crippen molar-refractivity contribution in [2.75, 3.05) is 52.5 Å². The standard InChI is InChI=1S/C23H25NO4/c1-25-19-6-4-16(5-7-19)17-12-18-14-22(26-2)23(27-3)15-20(18)21(13-17)24-8-10-28-11-9-24/h4-7,12-15H,8-11H2,1-3H3. The van der Waals surface area contributed by atoms with Crippen molar-refractivity contribution in [2.45, 2.75) is 0 Å². The first-order chi connectivity index (χ1) is 13.7. The molecule has 0 radical (unpaired) electrons. The summed E-state index contributed by atoms with van der Waals surface area (Å²) in [6, 6.07) is 16.7. The molecule has 1 aliphatic rings. The second kappa shape index (κ2) is 7.98. The summed E-state index contributed by atoms with van der Waals surface area (Å²) in [6.45, 7) is 3.22. The maximum atomic E-state index is 5.55. The van der Waals surface area contributed by atoms with E-state index in [4.69, 9.17) is 18.9 Å². The molecule has 1 heterocycles. The van der Waals surface area contributed by atoms with Crippen LogP contribution in [0.2, 0.25) is 0 Å². The van der Waals surface area contributed by atoms with E-state index in [1.165, 1.54) is 5.69 Å². The predicted octanol–water partition coefficient (Wildman–Crippen LogP) is 4.37.